The molecule has 0 radical (unpaired) electrons. The molecular weight excluding hydrogens is 266 g/mol. The number of hydrogen-bond donors (Lipinski definition) is 2. The molecular formula is C9H15NO5S2. The van der Waals surface area contributed by atoms with Crippen LogP contribution >= 0.6 is 0 Å². The summed E-state index contributed by atoms with van der Waals surface area (Å²) >= 11 is 0. The number of furan rings is 1. The van der Waals surface area contributed by atoms with Crippen LogP contribution in [0.1, 0.15) is 12.7 Å². The zero-order valence-corrected chi connectivity index (χ0v) is 11.2. The van der Waals surface area contributed by atoms with E-state index < -0.39 is 26.9 Å². The molecule has 1 rings (SSSR count). The maximum atomic E-state index is 11.8. The minimum Gasteiger partial charge on any atom is -0.446 e. The third-order valence-corrected chi connectivity index (χ3v) is 4.33. The minimum atomic E-state index is -3.76. The molecule has 0 aliphatic heterocycles. The highest BCUT2D eigenvalue weighted by Crippen LogP contribution is 2.14. The highest BCUT2D eigenvalue weighted by Gasteiger charge is 2.21. The number of aliphatic hydroxyl groups is 1. The maximum absolute atomic E-state index is 11.8. The molecule has 0 aliphatic rings. The van der Waals surface area contributed by atoms with Gasteiger partial charge in [0.05, 0.1) is 0 Å². The monoisotopic (exact) mass is 281 g/mol. The predicted octanol–water partition coefficient (Wildman–Crippen LogP) is -0.183. The number of sulfonamides is 1. The lowest BCUT2D eigenvalue weighted by molar-refractivity contribution is 0.236. The third kappa shape index (κ3) is 4.23. The van der Waals surface area contributed by atoms with E-state index in [9.17, 15) is 12.6 Å². The first-order chi connectivity index (χ1) is 7.85. The minimum absolute atomic E-state index is 0.178. The summed E-state index contributed by atoms with van der Waals surface area (Å²) in [6.07, 6.45) is 1.50. The van der Waals surface area contributed by atoms with Crippen LogP contribution in [0.15, 0.2) is 21.6 Å². The van der Waals surface area contributed by atoms with Crippen molar-refractivity contribution in [3.63, 3.8) is 0 Å². The molecule has 0 aromatic carbocycles. The molecule has 0 saturated heterocycles. The van der Waals surface area contributed by atoms with Crippen LogP contribution in [0.4, 0.5) is 0 Å². The van der Waals surface area contributed by atoms with Crippen LogP contribution in [0.25, 0.3) is 0 Å². The van der Waals surface area contributed by atoms with Crippen LogP contribution in [0, 0.1) is 0 Å². The lowest BCUT2D eigenvalue weighted by Crippen LogP contribution is -2.35. The Labute approximate surface area is 103 Å². The molecule has 0 saturated carbocycles. The topological polar surface area (TPSA) is 96.6 Å². The lowest BCUT2D eigenvalue weighted by Gasteiger charge is -2.10. The van der Waals surface area contributed by atoms with Crippen LogP contribution in [0.3, 0.4) is 0 Å². The van der Waals surface area contributed by atoms with Crippen molar-refractivity contribution in [1.82, 2.24) is 4.72 Å². The predicted molar refractivity (Wildman–Crippen MR) is 63.3 cm³/mol. The summed E-state index contributed by atoms with van der Waals surface area (Å²) < 4.78 is 41.8. The van der Waals surface area contributed by atoms with Gasteiger partial charge >= 0.3 is 0 Å². The van der Waals surface area contributed by atoms with Gasteiger partial charge in [0.25, 0.3) is 10.0 Å². The zero-order valence-electron chi connectivity index (χ0n) is 9.54. The quantitative estimate of drug-likeness (QED) is 0.754. The van der Waals surface area contributed by atoms with E-state index in [0.29, 0.717) is 0 Å². The Morgan fingerprint density at radius 2 is 2.18 bits per heavy atom. The Morgan fingerprint density at radius 1 is 1.53 bits per heavy atom. The summed E-state index contributed by atoms with van der Waals surface area (Å²) in [4.78, 5) is 0. The average Bonchev–Trinajstić information content (AvgIpc) is 2.63. The Morgan fingerprint density at radius 3 is 2.65 bits per heavy atom. The third-order valence-electron chi connectivity index (χ3n) is 1.90. The summed E-state index contributed by atoms with van der Waals surface area (Å²) in [5.74, 6) is 0.407. The van der Waals surface area contributed by atoms with Crippen molar-refractivity contribution < 1.29 is 22.2 Å². The maximum Gasteiger partial charge on any atom is 0.274 e. The molecule has 2 atom stereocenters. The molecule has 8 heteroatoms. The number of hydrogen-bond acceptors (Lipinski definition) is 5. The zero-order chi connectivity index (χ0) is 13.1. The smallest absolute Gasteiger partial charge is 0.274 e. The Hall–Kier alpha value is -0.700. The van der Waals surface area contributed by atoms with Crippen LogP contribution < -0.4 is 4.72 Å². The fourth-order valence-electron chi connectivity index (χ4n) is 1.30. The van der Waals surface area contributed by atoms with Crippen molar-refractivity contribution in [3.05, 3.63) is 17.9 Å². The van der Waals surface area contributed by atoms with Gasteiger partial charge in [-0.25, -0.2) is 13.1 Å². The van der Waals surface area contributed by atoms with Crippen LogP contribution in [-0.2, 0) is 27.4 Å². The van der Waals surface area contributed by atoms with Crippen LogP contribution in [0.5, 0.6) is 0 Å². The molecule has 1 aromatic heterocycles. The first-order valence-corrected chi connectivity index (χ1v) is 8.08. The standard InChI is InChI=1S/C9H15NO5S2/c1-7(6-16(2)12)10-17(13,14)9-4-3-8(5-11)15-9/h3-4,7,10-11H,5-6H2,1-2H3. The highest BCUT2D eigenvalue weighted by atomic mass is 32.2. The number of aliphatic hydroxyl groups excluding tert-OH is 1. The van der Waals surface area contributed by atoms with Crippen molar-refractivity contribution >= 4 is 20.8 Å². The fourth-order valence-corrected chi connectivity index (χ4v) is 3.38. The van der Waals surface area contributed by atoms with Gasteiger partial charge < -0.3 is 9.52 Å². The molecule has 1 heterocycles. The molecule has 1 aromatic rings. The summed E-state index contributed by atoms with van der Waals surface area (Å²) in [5.41, 5.74) is 0. The second kappa shape index (κ2) is 5.76. The first kappa shape index (κ1) is 14.4. The first-order valence-electron chi connectivity index (χ1n) is 4.87. The van der Waals surface area contributed by atoms with E-state index in [2.05, 4.69) is 4.72 Å². The van der Waals surface area contributed by atoms with Gasteiger partial charge in [-0.15, -0.1) is 0 Å². The molecule has 17 heavy (non-hydrogen) atoms. The number of rotatable bonds is 6. The Balaban J connectivity index is 2.78. The summed E-state index contributed by atoms with van der Waals surface area (Å²) in [6.45, 7) is 1.26. The molecule has 6 nitrogen and oxygen atoms in total. The second-order valence-electron chi connectivity index (χ2n) is 3.64. The van der Waals surface area contributed by atoms with E-state index in [0.717, 1.165) is 0 Å². The van der Waals surface area contributed by atoms with Crippen molar-refractivity contribution in [3.8, 4) is 0 Å². The molecule has 2 N–H and O–H groups in total. The van der Waals surface area contributed by atoms with Gasteiger partial charge in [0.2, 0.25) is 5.09 Å². The number of nitrogens with one attached hydrogen (secondary N) is 1. The molecule has 2 unspecified atom stereocenters. The largest absolute Gasteiger partial charge is 0.446 e. The Kier molecular flexibility index (Phi) is 4.87. The lowest BCUT2D eigenvalue weighted by atomic mass is 10.4. The van der Waals surface area contributed by atoms with Gasteiger partial charge in [0.15, 0.2) is 0 Å². The van der Waals surface area contributed by atoms with Crippen LogP contribution in [-0.4, -0.2) is 35.8 Å². The van der Waals surface area contributed by atoms with E-state index >= 15 is 0 Å². The van der Waals surface area contributed by atoms with E-state index in [1.807, 2.05) is 0 Å². The summed E-state index contributed by atoms with van der Waals surface area (Å²) in [5, 5.41) is 8.51. The normalized spacial score (nSPS) is 15.7. The fraction of sp³-hybridized carbons (Fsp3) is 0.556. The van der Waals surface area contributed by atoms with Gasteiger partial charge in [-0.05, 0) is 19.1 Å². The molecule has 0 amide bonds. The molecule has 0 fully saturated rings. The van der Waals surface area contributed by atoms with Crippen molar-refractivity contribution in [2.24, 2.45) is 0 Å². The summed E-state index contributed by atoms with van der Waals surface area (Å²) in [6, 6.07) is 2.20. The van der Waals surface area contributed by atoms with Crippen molar-refractivity contribution in [1.29, 1.82) is 0 Å². The van der Waals surface area contributed by atoms with E-state index in [1.54, 1.807) is 6.92 Å². The van der Waals surface area contributed by atoms with Gasteiger partial charge in [-0.2, -0.15) is 0 Å². The average molecular weight is 281 g/mol. The van der Waals surface area contributed by atoms with Gasteiger partial charge in [0.1, 0.15) is 12.4 Å². The van der Waals surface area contributed by atoms with E-state index in [4.69, 9.17) is 9.52 Å². The second-order valence-corrected chi connectivity index (χ2v) is 6.77. The van der Waals surface area contributed by atoms with Gasteiger partial charge in [-0.3, -0.25) is 4.21 Å². The van der Waals surface area contributed by atoms with Crippen molar-refractivity contribution in [2.75, 3.05) is 12.0 Å². The van der Waals surface area contributed by atoms with Crippen molar-refractivity contribution in [2.45, 2.75) is 24.7 Å². The summed E-state index contributed by atoms with van der Waals surface area (Å²) in [7, 11) is -4.84. The molecule has 0 bridgehead atoms. The van der Waals surface area contributed by atoms with Gasteiger partial charge in [0, 0.05) is 28.9 Å². The molecule has 98 valence electrons. The van der Waals surface area contributed by atoms with E-state index in [-0.39, 0.29) is 23.2 Å². The van der Waals surface area contributed by atoms with Crippen LogP contribution in [0.2, 0.25) is 0 Å². The highest BCUT2D eigenvalue weighted by molar-refractivity contribution is 7.89. The van der Waals surface area contributed by atoms with E-state index in [1.165, 1.54) is 18.4 Å². The molecule has 0 spiro atoms. The SMILES string of the molecule is CC(CS(C)=O)NS(=O)(=O)c1ccc(CO)o1. The Bertz CT molecular complexity index is 493. The molecule has 0 aliphatic carbocycles. The van der Waals surface area contributed by atoms with Gasteiger partial charge in [-0.1, -0.05) is 0 Å².